The molecule has 0 saturated heterocycles. The van der Waals surface area contributed by atoms with Gasteiger partial charge in [-0.05, 0) is 26.0 Å². The van der Waals surface area contributed by atoms with Gasteiger partial charge in [0.25, 0.3) is 0 Å². The summed E-state index contributed by atoms with van der Waals surface area (Å²) < 4.78 is 0. The normalized spacial score (nSPS) is 18.9. The van der Waals surface area contributed by atoms with Crippen molar-refractivity contribution in [2.45, 2.75) is 19.4 Å². The van der Waals surface area contributed by atoms with Crippen molar-refractivity contribution in [1.82, 2.24) is 5.48 Å². The maximum absolute atomic E-state index is 6.07. The summed E-state index contributed by atoms with van der Waals surface area (Å²) in [5.41, 5.74) is 3.16. The fourth-order valence-electron chi connectivity index (χ4n) is 1.37. The zero-order chi connectivity index (χ0) is 11.8. The van der Waals surface area contributed by atoms with Crippen molar-refractivity contribution in [2.75, 3.05) is 6.54 Å². The number of hydroxylamine groups is 1. The lowest BCUT2D eigenvalue weighted by molar-refractivity contribution is -0.0571. The minimum Gasteiger partial charge on any atom is -0.267 e. The Morgan fingerprint density at radius 1 is 1.31 bits per heavy atom. The summed E-state index contributed by atoms with van der Waals surface area (Å²) in [6, 6.07) is 5.34. The molecule has 0 spiro atoms. The SMILES string of the molecule is CC1(C)CN=C(c2c(Cl)cccc2Cl)NO1. The maximum Gasteiger partial charge on any atom is 0.155 e. The predicted octanol–water partition coefficient (Wildman–Crippen LogP) is 3.05. The van der Waals surface area contributed by atoms with Crippen LogP contribution in [-0.2, 0) is 4.84 Å². The Bertz CT molecular complexity index is 423. The monoisotopic (exact) mass is 258 g/mol. The second kappa shape index (κ2) is 4.24. The van der Waals surface area contributed by atoms with E-state index in [4.69, 9.17) is 28.0 Å². The molecule has 0 atom stereocenters. The topological polar surface area (TPSA) is 33.6 Å². The second-order valence-corrected chi connectivity index (χ2v) is 5.04. The quantitative estimate of drug-likeness (QED) is 0.840. The molecule has 1 N–H and O–H groups in total. The van der Waals surface area contributed by atoms with Crippen LogP contribution in [0.15, 0.2) is 23.2 Å². The molecule has 1 aliphatic heterocycles. The van der Waals surface area contributed by atoms with E-state index in [1.165, 1.54) is 0 Å². The third-order valence-electron chi connectivity index (χ3n) is 2.24. The Hall–Kier alpha value is -0.770. The molecule has 3 nitrogen and oxygen atoms in total. The number of aliphatic imine (C=N–C) groups is 1. The summed E-state index contributed by atoms with van der Waals surface area (Å²) in [5, 5.41) is 1.11. The number of nitrogens with one attached hydrogen (secondary N) is 1. The number of nitrogens with zero attached hydrogens (tertiary/aromatic N) is 1. The van der Waals surface area contributed by atoms with Crippen LogP contribution < -0.4 is 5.48 Å². The van der Waals surface area contributed by atoms with E-state index in [1.54, 1.807) is 18.2 Å². The van der Waals surface area contributed by atoms with Crippen LogP contribution >= 0.6 is 23.2 Å². The molecule has 1 aromatic carbocycles. The van der Waals surface area contributed by atoms with Gasteiger partial charge in [0.15, 0.2) is 5.84 Å². The van der Waals surface area contributed by atoms with Crippen molar-refractivity contribution in [2.24, 2.45) is 4.99 Å². The zero-order valence-electron chi connectivity index (χ0n) is 9.05. The molecule has 0 amide bonds. The zero-order valence-corrected chi connectivity index (χ0v) is 10.6. The van der Waals surface area contributed by atoms with Crippen LogP contribution in [0.25, 0.3) is 0 Å². The van der Waals surface area contributed by atoms with Crippen molar-refractivity contribution < 1.29 is 4.84 Å². The smallest absolute Gasteiger partial charge is 0.155 e. The molecule has 0 bridgehead atoms. The molecule has 1 heterocycles. The van der Waals surface area contributed by atoms with E-state index in [1.807, 2.05) is 13.8 Å². The standard InChI is InChI=1S/C11H12Cl2N2O/c1-11(2)6-14-10(15-16-11)9-7(12)4-3-5-8(9)13/h3-5H,6H2,1-2H3,(H,14,15). The van der Waals surface area contributed by atoms with Gasteiger partial charge in [-0.15, -0.1) is 0 Å². The van der Waals surface area contributed by atoms with Gasteiger partial charge < -0.3 is 0 Å². The fraction of sp³-hybridized carbons (Fsp3) is 0.364. The molecule has 1 aliphatic rings. The lowest BCUT2D eigenvalue weighted by atomic mass is 10.1. The van der Waals surface area contributed by atoms with Gasteiger partial charge in [-0.1, -0.05) is 29.3 Å². The maximum atomic E-state index is 6.07. The molecule has 0 fully saturated rings. The van der Waals surface area contributed by atoms with Crippen molar-refractivity contribution >= 4 is 29.0 Å². The van der Waals surface area contributed by atoms with E-state index in [9.17, 15) is 0 Å². The van der Waals surface area contributed by atoms with E-state index in [-0.39, 0.29) is 5.60 Å². The lowest BCUT2D eigenvalue weighted by Crippen LogP contribution is -2.43. The number of amidine groups is 1. The van der Waals surface area contributed by atoms with E-state index >= 15 is 0 Å². The molecule has 0 radical (unpaired) electrons. The average molecular weight is 259 g/mol. The first-order chi connectivity index (χ1) is 7.49. The van der Waals surface area contributed by atoms with Gasteiger partial charge in [0.05, 0.1) is 22.2 Å². The first-order valence-corrected chi connectivity index (χ1v) is 5.68. The van der Waals surface area contributed by atoms with E-state index < -0.39 is 0 Å². The number of benzene rings is 1. The first-order valence-electron chi connectivity index (χ1n) is 4.92. The Labute approximate surface area is 104 Å². The van der Waals surface area contributed by atoms with Crippen molar-refractivity contribution in [3.63, 3.8) is 0 Å². The molecule has 0 aliphatic carbocycles. The molecule has 1 aromatic rings. The first kappa shape index (κ1) is 11.7. The van der Waals surface area contributed by atoms with Crippen LogP contribution in [0.2, 0.25) is 10.0 Å². The molecular weight excluding hydrogens is 247 g/mol. The Morgan fingerprint density at radius 2 is 1.94 bits per heavy atom. The van der Waals surface area contributed by atoms with Crippen molar-refractivity contribution in [3.8, 4) is 0 Å². The van der Waals surface area contributed by atoms with Crippen molar-refractivity contribution in [3.05, 3.63) is 33.8 Å². The van der Waals surface area contributed by atoms with Gasteiger partial charge >= 0.3 is 0 Å². The summed E-state index contributed by atoms with van der Waals surface area (Å²) in [5.74, 6) is 0.579. The van der Waals surface area contributed by atoms with Crippen LogP contribution in [0.3, 0.4) is 0 Å². The molecule has 86 valence electrons. The number of hydrogen-bond donors (Lipinski definition) is 1. The van der Waals surface area contributed by atoms with Gasteiger partial charge in [-0.3, -0.25) is 9.83 Å². The van der Waals surface area contributed by atoms with Gasteiger partial charge in [0.2, 0.25) is 0 Å². The van der Waals surface area contributed by atoms with Crippen LogP contribution in [0, 0.1) is 0 Å². The molecule has 2 rings (SSSR count). The third kappa shape index (κ3) is 2.32. The Kier molecular flexibility index (Phi) is 3.10. The summed E-state index contributed by atoms with van der Waals surface area (Å²) in [4.78, 5) is 9.83. The minimum atomic E-state index is -0.308. The van der Waals surface area contributed by atoms with Crippen LogP contribution in [0.5, 0.6) is 0 Å². The highest BCUT2D eigenvalue weighted by molar-refractivity contribution is 6.40. The molecule has 0 saturated carbocycles. The number of rotatable bonds is 1. The van der Waals surface area contributed by atoms with Gasteiger partial charge in [-0.25, -0.2) is 5.48 Å². The predicted molar refractivity (Wildman–Crippen MR) is 66.2 cm³/mol. The van der Waals surface area contributed by atoms with Gasteiger partial charge in [0, 0.05) is 0 Å². The Balaban J connectivity index is 2.36. The minimum absolute atomic E-state index is 0.308. The van der Waals surface area contributed by atoms with Crippen LogP contribution in [0.4, 0.5) is 0 Å². The van der Waals surface area contributed by atoms with E-state index in [2.05, 4.69) is 10.5 Å². The van der Waals surface area contributed by atoms with Gasteiger partial charge in [0.1, 0.15) is 5.60 Å². The largest absolute Gasteiger partial charge is 0.267 e. The van der Waals surface area contributed by atoms with Crippen molar-refractivity contribution in [1.29, 1.82) is 0 Å². The molecular formula is C11H12Cl2N2O. The average Bonchev–Trinajstić information content (AvgIpc) is 2.20. The fourth-order valence-corrected chi connectivity index (χ4v) is 1.95. The highest BCUT2D eigenvalue weighted by Gasteiger charge is 2.25. The van der Waals surface area contributed by atoms with Gasteiger partial charge in [-0.2, -0.15) is 0 Å². The van der Waals surface area contributed by atoms with E-state index in [0.29, 0.717) is 28.0 Å². The lowest BCUT2D eigenvalue weighted by Gasteiger charge is -2.29. The molecule has 16 heavy (non-hydrogen) atoms. The summed E-state index contributed by atoms with van der Waals surface area (Å²) in [6.07, 6.45) is 0. The Morgan fingerprint density at radius 3 is 2.44 bits per heavy atom. The van der Waals surface area contributed by atoms with Crippen LogP contribution in [0.1, 0.15) is 19.4 Å². The summed E-state index contributed by atoms with van der Waals surface area (Å²) in [7, 11) is 0. The second-order valence-electron chi connectivity index (χ2n) is 4.23. The van der Waals surface area contributed by atoms with Crippen LogP contribution in [-0.4, -0.2) is 18.0 Å². The molecule has 0 aromatic heterocycles. The highest BCUT2D eigenvalue weighted by Crippen LogP contribution is 2.26. The molecule has 5 heteroatoms. The summed E-state index contributed by atoms with van der Waals surface area (Å²) in [6.45, 7) is 4.47. The molecule has 0 unspecified atom stereocenters. The van der Waals surface area contributed by atoms with E-state index in [0.717, 1.165) is 0 Å². The number of hydrogen-bond acceptors (Lipinski definition) is 3. The number of halogens is 2. The third-order valence-corrected chi connectivity index (χ3v) is 2.87. The summed E-state index contributed by atoms with van der Waals surface area (Å²) >= 11 is 12.1. The highest BCUT2D eigenvalue weighted by atomic mass is 35.5.